The lowest BCUT2D eigenvalue weighted by Gasteiger charge is -1.99. The van der Waals surface area contributed by atoms with Gasteiger partial charge in [-0.3, -0.25) is 9.59 Å². The number of benzene rings is 1. The number of carbonyl (C=O) groups is 2. The van der Waals surface area contributed by atoms with Gasteiger partial charge < -0.3 is 22.7 Å². The third-order valence-corrected chi connectivity index (χ3v) is 2.82. The average molecular weight is 335 g/mol. The van der Waals surface area contributed by atoms with Crippen LogP contribution in [-0.4, -0.2) is 18.1 Å². The van der Waals surface area contributed by atoms with Crippen molar-refractivity contribution in [1.82, 2.24) is 0 Å². The fourth-order valence-electron chi connectivity index (χ4n) is 1.75. The molecule has 2 aromatic rings. The van der Waals surface area contributed by atoms with Crippen LogP contribution in [0.2, 0.25) is 0 Å². The Hall–Kier alpha value is -1.85. The molecule has 5 heteroatoms. The van der Waals surface area contributed by atoms with Crippen molar-refractivity contribution in [3.63, 3.8) is 0 Å². The van der Waals surface area contributed by atoms with Gasteiger partial charge in [-0.15, -0.1) is 0 Å². The zero-order valence-electron chi connectivity index (χ0n) is 10.8. The summed E-state index contributed by atoms with van der Waals surface area (Å²) >= 11 is 0. The van der Waals surface area contributed by atoms with E-state index in [-0.39, 0.29) is 41.6 Å². The Morgan fingerprint density at radius 1 is 0.900 bits per heavy atom. The predicted octanol–water partition coefficient (Wildman–Crippen LogP) is -2.00. The number of Topliss-reactive ketones (excluding diaryl/α,β-unsaturated/α-hetero) is 2. The van der Waals surface area contributed by atoms with Crippen molar-refractivity contribution in [2.24, 2.45) is 5.73 Å². The second-order valence-electron chi connectivity index (χ2n) is 4.18. The van der Waals surface area contributed by atoms with E-state index in [9.17, 15) is 9.59 Å². The number of hydrogen-bond donors (Lipinski definition) is 1. The van der Waals surface area contributed by atoms with Gasteiger partial charge in [-0.05, 0) is 0 Å². The average Bonchev–Trinajstić information content (AvgIpc) is 2.48. The second-order valence-corrected chi connectivity index (χ2v) is 4.18. The Kier molecular flexibility index (Phi) is 6.21. The highest BCUT2D eigenvalue weighted by molar-refractivity contribution is 5.97. The number of nitrogens with two attached hydrogens (primary N) is 1. The molecule has 4 nitrogen and oxygen atoms in total. The summed E-state index contributed by atoms with van der Waals surface area (Å²) in [5.41, 5.74) is 6.53. The van der Waals surface area contributed by atoms with Gasteiger partial charge >= 0.3 is 0 Å². The summed E-state index contributed by atoms with van der Waals surface area (Å²) in [5.74, 6) is -0.0787. The first-order chi connectivity index (χ1) is 9.20. The third kappa shape index (κ3) is 4.08. The standard InChI is InChI=1S/C15H15N2O2.BrH/c16-10-14(18)13-6-8-17(9-7-13)11-15(19)12-4-2-1-3-5-12;/h1-9H,10-11,16H2;1H/q+1;/p-1. The summed E-state index contributed by atoms with van der Waals surface area (Å²) in [4.78, 5) is 23.3. The minimum atomic E-state index is -0.110. The molecule has 1 aromatic carbocycles. The normalized spacial score (nSPS) is 9.65. The highest BCUT2D eigenvalue weighted by Crippen LogP contribution is 2.00. The molecule has 0 aliphatic heterocycles. The van der Waals surface area contributed by atoms with Crippen molar-refractivity contribution in [3.05, 3.63) is 66.0 Å². The quantitative estimate of drug-likeness (QED) is 0.508. The molecule has 0 saturated carbocycles. The van der Waals surface area contributed by atoms with Gasteiger partial charge in [0.05, 0.1) is 6.54 Å². The molecular weight excluding hydrogens is 320 g/mol. The molecule has 0 amide bonds. The maximum absolute atomic E-state index is 12.0. The molecule has 2 N–H and O–H groups in total. The van der Waals surface area contributed by atoms with E-state index in [1.165, 1.54) is 0 Å². The van der Waals surface area contributed by atoms with Crippen molar-refractivity contribution in [2.45, 2.75) is 6.54 Å². The maximum atomic E-state index is 12.0. The monoisotopic (exact) mass is 334 g/mol. The lowest BCUT2D eigenvalue weighted by Crippen LogP contribution is -3.00. The predicted molar refractivity (Wildman–Crippen MR) is 70.8 cm³/mol. The zero-order valence-corrected chi connectivity index (χ0v) is 12.4. The number of ketones is 2. The molecule has 1 aromatic heterocycles. The van der Waals surface area contributed by atoms with Gasteiger partial charge in [-0.25, -0.2) is 0 Å². The van der Waals surface area contributed by atoms with Crippen LogP contribution in [0, 0.1) is 0 Å². The number of halogens is 1. The van der Waals surface area contributed by atoms with Gasteiger partial charge in [-0.2, -0.15) is 4.57 Å². The van der Waals surface area contributed by atoms with Gasteiger partial charge in [0.2, 0.25) is 12.3 Å². The minimum Gasteiger partial charge on any atom is -1.00 e. The van der Waals surface area contributed by atoms with Crippen molar-refractivity contribution in [3.8, 4) is 0 Å². The summed E-state index contributed by atoms with van der Waals surface area (Å²) in [6.07, 6.45) is 3.42. The van der Waals surface area contributed by atoms with Crippen LogP contribution >= 0.6 is 0 Å². The fraction of sp³-hybridized carbons (Fsp3) is 0.133. The third-order valence-electron chi connectivity index (χ3n) is 2.82. The Morgan fingerprint density at radius 2 is 1.45 bits per heavy atom. The van der Waals surface area contributed by atoms with Crippen LogP contribution in [0.3, 0.4) is 0 Å². The number of rotatable bonds is 5. The molecule has 0 bridgehead atoms. The van der Waals surface area contributed by atoms with E-state index in [0.717, 1.165) is 0 Å². The first-order valence-electron chi connectivity index (χ1n) is 6.01. The van der Waals surface area contributed by atoms with Crippen molar-refractivity contribution in [1.29, 1.82) is 0 Å². The highest BCUT2D eigenvalue weighted by atomic mass is 79.9. The molecule has 0 saturated heterocycles. The van der Waals surface area contributed by atoms with Crippen LogP contribution < -0.4 is 27.3 Å². The van der Waals surface area contributed by atoms with E-state index in [1.807, 2.05) is 18.2 Å². The molecule has 0 unspecified atom stereocenters. The van der Waals surface area contributed by atoms with E-state index in [4.69, 9.17) is 5.73 Å². The highest BCUT2D eigenvalue weighted by Gasteiger charge is 2.12. The summed E-state index contributed by atoms with van der Waals surface area (Å²) in [7, 11) is 0. The Bertz CT molecular complexity index is 583. The van der Waals surface area contributed by atoms with E-state index in [0.29, 0.717) is 11.1 Å². The molecule has 1 heterocycles. The zero-order chi connectivity index (χ0) is 13.7. The van der Waals surface area contributed by atoms with E-state index in [2.05, 4.69) is 0 Å². The Morgan fingerprint density at radius 3 is 2.00 bits per heavy atom. The molecular formula is C15H15BrN2O2. The number of pyridine rings is 1. The van der Waals surface area contributed by atoms with E-state index < -0.39 is 0 Å². The van der Waals surface area contributed by atoms with Gasteiger partial charge in [0.15, 0.2) is 18.2 Å². The van der Waals surface area contributed by atoms with Crippen LogP contribution in [0.1, 0.15) is 20.7 Å². The number of hydrogen-bond acceptors (Lipinski definition) is 3. The molecule has 0 fully saturated rings. The molecule has 2 rings (SSSR count). The molecule has 0 radical (unpaired) electrons. The fourth-order valence-corrected chi connectivity index (χ4v) is 1.75. The smallest absolute Gasteiger partial charge is 0.227 e. The molecule has 0 aliphatic carbocycles. The first-order valence-corrected chi connectivity index (χ1v) is 6.01. The van der Waals surface area contributed by atoms with Gasteiger partial charge in [0.1, 0.15) is 0 Å². The molecule has 0 aliphatic rings. The maximum Gasteiger partial charge on any atom is 0.227 e. The number of carbonyl (C=O) groups excluding carboxylic acids is 2. The van der Waals surface area contributed by atoms with E-state index >= 15 is 0 Å². The van der Waals surface area contributed by atoms with Crippen LogP contribution in [0.5, 0.6) is 0 Å². The largest absolute Gasteiger partial charge is 1.00 e. The number of nitrogens with zero attached hydrogens (tertiary/aromatic N) is 1. The van der Waals surface area contributed by atoms with Crippen LogP contribution in [0.25, 0.3) is 0 Å². The lowest BCUT2D eigenvalue weighted by molar-refractivity contribution is -0.683. The lowest BCUT2D eigenvalue weighted by atomic mass is 10.1. The van der Waals surface area contributed by atoms with E-state index in [1.54, 1.807) is 41.2 Å². The van der Waals surface area contributed by atoms with Crippen LogP contribution in [0.4, 0.5) is 0 Å². The topological polar surface area (TPSA) is 64.0 Å². The van der Waals surface area contributed by atoms with Crippen LogP contribution in [-0.2, 0) is 6.54 Å². The molecule has 20 heavy (non-hydrogen) atoms. The first kappa shape index (κ1) is 16.2. The van der Waals surface area contributed by atoms with Gasteiger partial charge in [0.25, 0.3) is 0 Å². The van der Waals surface area contributed by atoms with Crippen molar-refractivity contribution in [2.75, 3.05) is 6.54 Å². The van der Waals surface area contributed by atoms with Crippen molar-refractivity contribution < 1.29 is 31.1 Å². The summed E-state index contributed by atoms with van der Waals surface area (Å²) in [6, 6.07) is 12.5. The second kappa shape index (κ2) is 7.67. The molecule has 0 spiro atoms. The minimum absolute atomic E-state index is 0. The Labute approximate surface area is 128 Å². The SMILES string of the molecule is NCC(=O)c1cc[n+](CC(=O)c2ccccc2)cc1.[Br-]. The summed E-state index contributed by atoms with van der Waals surface area (Å²) < 4.78 is 1.74. The summed E-state index contributed by atoms with van der Waals surface area (Å²) in [5, 5.41) is 0. The van der Waals surface area contributed by atoms with Gasteiger partial charge in [0, 0.05) is 23.3 Å². The summed E-state index contributed by atoms with van der Waals surface area (Å²) in [6.45, 7) is 0.244. The number of aromatic nitrogens is 1. The molecule has 104 valence electrons. The molecule has 0 atom stereocenters. The Balaban J connectivity index is 0.00000200. The van der Waals surface area contributed by atoms with Gasteiger partial charge in [-0.1, -0.05) is 30.3 Å². The van der Waals surface area contributed by atoms with Crippen LogP contribution in [0.15, 0.2) is 54.9 Å². The van der Waals surface area contributed by atoms with Crippen molar-refractivity contribution >= 4 is 11.6 Å².